The highest BCUT2D eigenvalue weighted by atomic mass is 16.4. The molecule has 6 nitrogen and oxygen atoms in total. The SMILES string of the molecule is CN(C)[C@]1(c2ccccc2)CC[C@]2(CC1)CN(c1ccc(C(=O)O)cc1)C(=O)N2CC1CCC1. The third-order valence-electron chi connectivity index (χ3n) is 8.75. The number of urea groups is 1. The second-order valence-electron chi connectivity index (χ2n) is 10.6. The minimum atomic E-state index is -0.949. The van der Waals surface area contributed by atoms with Crippen LogP contribution >= 0.6 is 0 Å². The monoisotopic (exact) mass is 461 g/mol. The van der Waals surface area contributed by atoms with E-state index in [4.69, 9.17) is 0 Å². The molecule has 6 heteroatoms. The average molecular weight is 462 g/mol. The summed E-state index contributed by atoms with van der Waals surface area (Å²) in [6.07, 6.45) is 7.61. The quantitative estimate of drug-likeness (QED) is 0.642. The van der Waals surface area contributed by atoms with Crippen LogP contribution in [0.5, 0.6) is 0 Å². The van der Waals surface area contributed by atoms with Crippen LogP contribution in [0, 0.1) is 5.92 Å². The van der Waals surface area contributed by atoms with Crippen molar-refractivity contribution in [3.8, 4) is 0 Å². The zero-order chi connectivity index (χ0) is 23.9. The Bertz CT molecular complexity index is 1040. The summed E-state index contributed by atoms with van der Waals surface area (Å²) in [4.78, 5) is 31.5. The van der Waals surface area contributed by atoms with E-state index in [1.165, 1.54) is 24.8 Å². The molecule has 5 rings (SSSR count). The molecule has 2 aromatic rings. The van der Waals surface area contributed by atoms with Gasteiger partial charge in [-0.1, -0.05) is 36.8 Å². The molecule has 34 heavy (non-hydrogen) atoms. The molecule has 180 valence electrons. The Kier molecular flexibility index (Phi) is 5.88. The molecule has 0 aromatic heterocycles. The molecule has 1 saturated heterocycles. The number of carboxylic acid groups (broad SMARTS) is 1. The lowest BCUT2D eigenvalue weighted by Crippen LogP contribution is -2.56. The predicted molar refractivity (Wildman–Crippen MR) is 133 cm³/mol. The van der Waals surface area contributed by atoms with Crippen LogP contribution in [0.4, 0.5) is 10.5 Å². The molecular formula is C28H35N3O3. The topological polar surface area (TPSA) is 64.1 Å². The van der Waals surface area contributed by atoms with Crippen molar-refractivity contribution in [1.82, 2.24) is 9.80 Å². The van der Waals surface area contributed by atoms with Gasteiger partial charge in [-0.05, 0) is 88.4 Å². The number of carboxylic acids is 1. The lowest BCUT2D eigenvalue weighted by molar-refractivity contribution is 0.0172. The maximum absolute atomic E-state index is 13.8. The molecule has 3 fully saturated rings. The number of carbonyl (C=O) groups excluding carboxylic acids is 1. The molecule has 0 unspecified atom stereocenters. The normalized spacial score (nSPS) is 27.4. The Labute approximate surface area is 202 Å². The number of benzene rings is 2. The van der Waals surface area contributed by atoms with Crippen LogP contribution in [-0.2, 0) is 5.54 Å². The minimum Gasteiger partial charge on any atom is -0.478 e. The van der Waals surface area contributed by atoms with Crippen LogP contribution in [0.2, 0.25) is 0 Å². The number of carbonyl (C=O) groups is 2. The summed E-state index contributed by atoms with van der Waals surface area (Å²) in [5, 5.41) is 9.26. The Morgan fingerprint density at radius 1 is 1.00 bits per heavy atom. The molecule has 2 aromatic carbocycles. The molecule has 0 bridgehead atoms. The standard InChI is InChI=1S/C28H35N3O3/c1-29(2)28(23-9-4-3-5-10-23)17-15-27(16-18-28)20-30(24-13-11-22(12-14-24)25(32)33)26(34)31(27)19-21-7-6-8-21/h3-5,9-14,21H,6-8,15-20H2,1-2H3,(H,32,33)/t27-,28+. The second-order valence-corrected chi connectivity index (χ2v) is 10.6. The third kappa shape index (κ3) is 3.78. The molecule has 2 aliphatic carbocycles. The van der Waals surface area contributed by atoms with Crippen molar-refractivity contribution in [2.24, 2.45) is 5.92 Å². The first-order valence-electron chi connectivity index (χ1n) is 12.5. The highest BCUT2D eigenvalue weighted by Crippen LogP contribution is 2.50. The first-order valence-corrected chi connectivity index (χ1v) is 12.5. The largest absolute Gasteiger partial charge is 0.478 e. The zero-order valence-corrected chi connectivity index (χ0v) is 20.2. The maximum Gasteiger partial charge on any atom is 0.335 e. The molecule has 0 atom stereocenters. The first-order chi connectivity index (χ1) is 16.3. The predicted octanol–water partition coefficient (Wildman–Crippen LogP) is 5.20. The van der Waals surface area contributed by atoms with Crippen molar-refractivity contribution < 1.29 is 14.7 Å². The molecule has 1 N–H and O–H groups in total. The Balaban J connectivity index is 1.44. The summed E-state index contributed by atoms with van der Waals surface area (Å²) in [5.41, 5.74) is 2.19. The van der Waals surface area contributed by atoms with Gasteiger partial charge in [-0.3, -0.25) is 9.80 Å². The third-order valence-corrected chi connectivity index (χ3v) is 8.75. The van der Waals surface area contributed by atoms with Gasteiger partial charge in [0.1, 0.15) is 0 Å². The summed E-state index contributed by atoms with van der Waals surface area (Å²) in [5.74, 6) is -0.347. The lowest BCUT2D eigenvalue weighted by atomic mass is 9.68. The summed E-state index contributed by atoms with van der Waals surface area (Å²) in [7, 11) is 4.35. The zero-order valence-electron chi connectivity index (χ0n) is 20.2. The van der Waals surface area contributed by atoms with Crippen molar-refractivity contribution in [3.05, 3.63) is 65.7 Å². The van der Waals surface area contributed by atoms with E-state index in [-0.39, 0.29) is 22.7 Å². The van der Waals surface area contributed by atoms with Crippen LogP contribution < -0.4 is 4.90 Å². The van der Waals surface area contributed by atoms with Crippen molar-refractivity contribution in [1.29, 1.82) is 0 Å². The van der Waals surface area contributed by atoms with E-state index in [9.17, 15) is 14.7 Å². The highest BCUT2D eigenvalue weighted by molar-refractivity contribution is 5.96. The van der Waals surface area contributed by atoms with Gasteiger partial charge in [0.15, 0.2) is 0 Å². The van der Waals surface area contributed by atoms with E-state index in [0.717, 1.165) is 37.9 Å². The van der Waals surface area contributed by atoms with Crippen LogP contribution in [-0.4, -0.2) is 59.6 Å². The van der Waals surface area contributed by atoms with Crippen LogP contribution in [0.25, 0.3) is 0 Å². The van der Waals surface area contributed by atoms with Gasteiger partial charge in [-0.2, -0.15) is 0 Å². The molecule has 1 spiro atoms. The van der Waals surface area contributed by atoms with Gasteiger partial charge in [0, 0.05) is 17.8 Å². The van der Waals surface area contributed by atoms with Gasteiger partial charge in [0.25, 0.3) is 0 Å². The molecule has 2 amide bonds. The fraction of sp³-hybridized carbons (Fsp3) is 0.500. The fourth-order valence-electron chi connectivity index (χ4n) is 6.29. The Morgan fingerprint density at radius 2 is 1.65 bits per heavy atom. The summed E-state index contributed by atoms with van der Waals surface area (Å²) < 4.78 is 0. The second kappa shape index (κ2) is 8.73. The van der Waals surface area contributed by atoms with E-state index in [1.54, 1.807) is 24.3 Å². The van der Waals surface area contributed by atoms with E-state index < -0.39 is 5.97 Å². The van der Waals surface area contributed by atoms with Gasteiger partial charge in [-0.15, -0.1) is 0 Å². The molecular weight excluding hydrogens is 426 g/mol. The number of aromatic carboxylic acids is 1. The van der Waals surface area contributed by atoms with Crippen molar-refractivity contribution in [2.45, 2.75) is 56.0 Å². The van der Waals surface area contributed by atoms with E-state index >= 15 is 0 Å². The maximum atomic E-state index is 13.8. The molecule has 1 heterocycles. The van der Waals surface area contributed by atoms with Gasteiger partial charge in [-0.25, -0.2) is 9.59 Å². The number of amides is 2. The summed E-state index contributed by atoms with van der Waals surface area (Å²) in [6, 6.07) is 17.6. The number of anilines is 1. The summed E-state index contributed by atoms with van der Waals surface area (Å²) in [6.45, 7) is 1.51. The number of rotatable bonds is 6. The molecule has 0 radical (unpaired) electrons. The van der Waals surface area contributed by atoms with Crippen molar-refractivity contribution >= 4 is 17.7 Å². The molecule has 3 aliphatic rings. The van der Waals surface area contributed by atoms with Crippen LogP contribution in [0.3, 0.4) is 0 Å². The Hall–Kier alpha value is -2.86. The average Bonchev–Trinajstić information content (AvgIpc) is 3.08. The lowest BCUT2D eigenvalue weighted by Gasteiger charge is -2.51. The van der Waals surface area contributed by atoms with E-state index in [2.05, 4.69) is 54.2 Å². The number of hydrogen-bond acceptors (Lipinski definition) is 3. The fourth-order valence-corrected chi connectivity index (χ4v) is 6.29. The van der Waals surface area contributed by atoms with Gasteiger partial charge >= 0.3 is 12.0 Å². The van der Waals surface area contributed by atoms with E-state index in [1.807, 2.05) is 4.90 Å². The Morgan fingerprint density at radius 3 is 2.18 bits per heavy atom. The van der Waals surface area contributed by atoms with Gasteiger partial charge < -0.3 is 10.0 Å². The van der Waals surface area contributed by atoms with Crippen molar-refractivity contribution in [2.75, 3.05) is 32.1 Å². The molecule has 2 saturated carbocycles. The van der Waals surface area contributed by atoms with Crippen LogP contribution in [0.1, 0.15) is 60.9 Å². The minimum absolute atomic E-state index is 0.0196. The van der Waals surface area contributed by atoms with Crippen LogP contribution in [0.15, 0.2) is 54.6 Å². The van der Waals surface area contributed by atoms with Gasteiger partial charge in [0.05, 0.1) is 17.6 Å². The summed E-state index contributed by atoms with van der Waals surface area (Å²) >= 11 is 0. The smallest absolute Gasteiger partial charge is 0.335 e. The molecule has 1 aliphatic heterocycles. The number of nitrogens with zero attached hydrogens (tertiary/aromatic N) is 3. The first kappa shape index (κ1) is 22.9. The highest BCUT2D eigenvalue weighted by Gasteiger charge is 2.55. The van der Waals surface area contributed by atoms with Crippen molar-refractivity contribution in [3.63, 3.8) is 0 Å². The number of hydrogen-bond donors (Lipinski definition) is 1. The van der Waals surface area contributed by atoms with Gasteiger partial charge in [0.2, 0.25) is 0 Å². The van der Waals surface area contributed by atoms with E-state index in [0.29, 0.717) is 12.5 Å².